The van der Waals surface area contributed by atoms with Crippen LogP contribution in [-0.2, 0) is 0 Å². The number of phenols is 1. The van der Waals surface area contributed by atoms with Crippen molar-refractivity contribution in [1.29, 1.82) is 0 Å². The Kier molecular flexibility index (Phi) is 4.94. The number of benzene rings is 2. The Morgan fingerprint density at radius 3 is 2.55 bits per heavy atom. The standard InChI is InChI=1S/C15H15Br2NO2/c1-9(12-8-11(20-2)4-6-15(12)19)18-14-5-3-10(16)7-13(14)17/h3-9,18-19H,1-2H3. The van der Waals surface area contributed by atoms with Crippen molar-refractivity contribution in [1.82, 2.24) is 0 Å². The van der Waals surface area contributed by atoms with Gasteiger partial charge in [0.1, 0.15) is 11.5 Å². The van der Waals surface area contributed by atoms with Crippen LogP contribution >= 0.6 is 31.9 Å². The van der Waals surface area contributed by atoms with Crippen LogP contribution in [0.15, 0.2) is 45.3 Å². The first kappa shape index (κ1) is 15.2. The zero-order valence-electron chi connectivity index (χ0n) is 11.2. The highest BCUT2D eigenvalue weighted by molar-refractivity contribution is 9.11. The molecule has 0 aliphatic heterocycles. The van der Waals surface area contributed by atoms with Crippen molar-refractivity contribution in [2.45, 2.75) is 13.0 Å². The lowest BCUT2D eigenvalue weighted by molar-refractivity contribution is 0.410. The van der Waals surface area contributed by atoms with Gasteiger partial charge >= 0.3 is 0 Å². The third-order valence-corrected chi connectivity index (χ3v) is 4.15. The second kappa shape index (κ2) is 6.50. The lowest BCUT2D eigenvalue weighted by Crippen LogP contribution is -2.07. The molecule has 3 nitrogen and oxygen atoms in total. The zero-order valence-corrected chi connectivity index (χ0v) is 14.3. The highest BCUT2D eigenvalue weighted by atomic mass is 79.9. The van der Waals surface area contributed by atoms with Gasteiger partial charge < -0.3 is 15.2 Å². The third-order valence-electron chi connectivity index (χ3n) is 3.00. The summed E-state index contributed by atoms with van der Waals surface area (Å²) in [6.07, 6.45) is 0. The molecule has 0 bridgehead atoms. The van der Waals surface area contributed by atoms with E-state index in [-0.39, 0.29) is 11.8 Å². The SMILES string of the molecule is COc1ccc(O)c(C(C)Nc2ccc(Br)cc2Br)c1. The molecule has 0 radical (unpaired) electrons. The van der Waals surface area contributed by atoms with Crippen LogP contribution < -0.4 is 10.1 Å². The van der Waals surface area contributed by atoms with Crippen LogP contribution in [0.1, 0.15) is 18.5 Å². The third kappa shape index (κ3) is 3.46. The molecule has 0 aromatic heterocycles. The summed E-state index contributed by atoms with van der Waals surface area (Å²) in [5.74, 6) is 0.973. The average Bonchev–Trinajstić information content (AvgIpc) is 2.42. The molecule has 2 aromatic rings. The van der Waals surface area contributed by atoms with Crippen LogP contribution in [0.4, 0.5) is 5.69 Å². The number of halogens is 2. The van der Waals surface area contributed by atoms with Gasteiger partial charge in [0.2, 0.25) is 0 Å². The number of phenolic OH excluding ortho intramolecular Hbond substituents is 1. The lowest BCUT2D eigenvalue weighted by atomic mass is 10.1. The summed E-state index contributed by atoms with van der Waals surface area (Å²) in [4.78, 5) is 0. The van der Waals surface area contributed by atoms with Gasteiger partial charge in [0.05, 0.1) is 13.2 Å². The van der Waals surface area contributed by atoms with Crippen LogP contribution in [-0.4, -0.2) is 12.2 Å². The van der Waals surface area contributed by atoms with E-state index in [4.69, 9.17) is 4.74 Å². The van der Waals surface area contributed by atoms with Crippen molar-refractivity contribution in [3.63, 3.8) is 0 Å². The number of aromatic hydroxyl groups is 1. The Hall–Kier alpha value is -1.20. The van der Waals surface area contributed by atoms with Crippen LogP contribution in [0.5, 0.6) is 11.5 Å². The van der Waals surface area contributed by atoms with Gasteiger partial charge in [-0.2, -0.15) is 0 Å². The molecule has 2 rings (SSSR count). The number of anilines is 1. The maximum Gasteiger partial charge on any atom is 0.121 e. The Labute approximate surface area is 135 Å². The maximum absolute atomic E-state index is 9.98. The monoisotopic (exact) mass is 399 g/mol. The number of hydrogen-bond donors (Lipinski definition) is 2. The van der Waals surface area contributed by atoms with E-state index in [0.717, 1.165) is 25.9 Å². The van der Waals surface area contributed by atoms with E-state index in [1.165, 1.54) is 0 Å². The fourth-order valence-electron chi connectivity index (χ4n) is 1.92. The van der Waals surface area contributed by atoms with Crippen LogP contribution in [0.25, 0.3) is 0 Å². The predicted molar refractivity (Wildman–Crippen MR) is 88.5 cm³/mol. The summed E-state index contributed by atoms with van der Waals surface area (Å²) in [6, 6.07) is 11.1. The Morgan fingerprint density at radius 2 is 1.90 bits per heavy atom. The fraction of sp³-hybridized carbons (Fsp3) is 0.200. The summed E-state index contributed by atoms with van der Waals surface area (Å²) >= 11 is 6.94. The maximum atomic E-state index is 9.98. The first-order valence-corrected chi connectivity index (χ1v) is 7.68. The topological polar surface area (TPSA) is 41.5 Å². The summed E-state index contributed by atoms with van der Waals surface area (Å²) < 4.78 is 7.16. The molecule has 0 saturated heterocycles. The molecule has 1 atom stereocenters. The molecule has 0 saturated carbocycles. The number of ether oxygens (including phenoxy) is 1. The minimum Gasteiger partial charge on any atom is -0.508 e. The molecule has 1 unspecified atom stereocenters. The van der Waals surface area contributed by atoms with Crippen molar-refractivity contribution < 1.29 is 9.84 Å². The predicted octanol–water partition coefficient (Wildman–Crippen LogP) is 5.10. The van der Waals surface area contributed by atoms with Crippen LogP contribution in [0, 0.1) is 0 Å². The largest absolute Gasteiger partial charge is 0.508 e. The van der Waals surface area contributed by atoms with E-state index < -0.39 is 0 Å². The second-order valence-electron chi connectivity index (χ2n) is 4.41. The quantitative estimate of drug-likeness (QED) is 0.750. The van der Waals surface area contributed by atoms with Crippen molar-refractivity contribution in [3.05, 3.63) is 50.9 Å². The van der Waals surface area contributed by atoms with Crippen molar-refractivity contribution in [2.24, 2.45) is 0 Å². The Balaban J connectivity index is 2.25. The Bertz CT molecular complexity index is 617. The Morgan fingerprint density at radius 1 is 1.15 bits per heavy atom. The zero-order chi connectivity index (χ0) is 14.7. The van der Waals surface area contributed by atoms with Gasteiger partial charge in [-0.1, -0.05) is 15.9 Å². The normalized spacial score (nSPS) is 12.0. The van der Waals surface area contributed by atoms with E-state index in [1.54, 1.807) is 19.2 Å². The van der Waals surface area contributed by atoms with Gasteiger partial charge in [-0.15, -0.1) is 0 Å². The molecule has 0 fully saturated rings. The molecule has 106 valence electrons. The van der Waals surface area contributed by atoms with Gasteiger partial charge in [0, 0.05) is 20.2 Å². The van der Waals surface area contributed by atoms with E-state index in [9.17, 15) is 5.11 Å². The number of rotatable bonds is 4. The van der Waals surface area contributed by atoms with Gasteiger partial charge in [-0.25, -0.2) is 0 Å². The van der Waals surface area contributed by atoms with Gasteiger partial charge in [0.15, 0.2) is 0 Å². The molecular formula is C15H15Br2NO2. The molecule has 2 N–H and O–H groups in total. The number of hydrogen-bond acceptors (Lipinski definition) is 3. The summed E-state index contributed by atoms with van der Waals surface area (Å²) in [5.41, 5.74) is 1.75. The summed E-state index contributed by atoms with van der Waals surface area (Å²) in [7, 11) is 1.61. The minimum atomic E-state index is -0.0532. The van der Waals surface area contributed by atoms with Gasteiger partial charge in [-0.3, -0.25) is 0 Å². The molecule has 0 aliphatic rings. The smallest absolute Gasteiger partial charge is 0.121 e. The number of methoxy groups -OCH3 is 1. The minimum absolute atomic E-state index is 0.0532. The van der Waals surface area contributed by atoms with Crippen molar-refractivity contribution in [3.8, 4) is 11.5 Å². The molecule has 0 aliphatic carbocycles. The summed E-state index contributed by atoms with van der Waals surface area (Å²) in [5, 5.41) is 13.3. The summed E-state index contributed by atoms with van der Waals surface area (Å²) in [6.45, 7) is 1.99. The van der Waals surface area contributed by atoms with Crippen molar-refractivity contribution in [2.75, 3.05) is 12.4 Å². The molecule has 0 spiro atoms. The van der Waals surface area contributed by atoms with Crippen LogP contribution in [0.3, 0.4) is 0 Å². The highest BCUT2D eigenvalue weighted by Gasteiger charge is 2.13. The van der Waals surface area contributed by atoms with E-state index in [0.29, 0.717) is 0 Å². The fourth-order valence-corrected chi connectivity index (χ4v) is 3.09. The van der Waals surface area contributed by atoms with E-state index >= 15 is 0 Å². The first-order valence-electron chi connectivity index (χ1n) is 6.09. The molecule has 0 amide bonds. The molecule has 20 heavy (non-hydrogen) atoms. The molecule has 5 heteroatoms. The van der Waals surface area contributed by atoms with E-state index in [2.05, 4.69) is 37.2 Å². The second-order valence-corrected chi connectivity index (χ2v) is 6.18. The number of nitrogens with one attached hydrogen (secondary N) is 1. The first-order chi connectivity index (χ1) is 9.51. The molecule has 2 aromatic carbocycles. The van der Waals surface area contributed by atoms with Gasteiger partial charge in [0.25, 0.3) is 0 Å². The molecule has 0 heterocycles. The van der Waals surface area contributed by atoms with Crippen molar-refractivity contribution >= 4 is 37.5 Å². The van der Waals surface area contributed by atoms with Crippen LogP contribution in [0.2, 0.25) is 0 Å². The lowest BCUT2D eigenvalue weighted by Gasteiger charge is -2.18. The highest BCUT2D eigenvalue weighted by Crippen LogP contribution is 2.33. The molecular weight excluding hydrogens is 386 g/mol. The van der Waals surface area contributed by atoms with E-state index in [1.807, 2.05) is 31.2 Å². The van der Waals surface area contributed by atoms with Gasteiger partial charge in [-0.05, 0) is 59.3 Å². The average molecular weight is 401 g/mol.